The predicted molar refractivity (Wildman–Crippen MR) is 119 cm³/mol. The first-order chi connectivity index (χ1) is 16.1. The van der Waals surface area contributed by atoms with Gasteiger partial charge in [-0.3, -0.25) is 9.78 Å². The molecule has 1 atom stereocenters. The maximum absolute atomic E-state index is 13.3. The molecule has 2 N–H and O–H groups in total. The van der Waals surface area contributed by atoms with Gasteiger partial charge in [-0.2, -0.15) is 17.5 Å². The molecule has 1 unspecified atom stereocenters. The highest BCUT2D eigenvalue weighted by molar-refractivity contribution is 7.74. The van der Waals surface area contributed by atoms with E-state index in [9.17, 15) is 26.7 Å². The van der Waals surface area contributed by atoms with E-state index < -0.39 is 29.1 Å². The summed E-state index contributed by atoms with van der Waals surface area (Å²) in [5.41, 5.74) is 0.604. The first-order valence-electron chi connectivity index (χ1n) is 9.70. The van der Waals surface area contributed by atoms with Crippen LogP contribution in [0.25, 0.3) is 22.0 Å². The van der Waals surface area contributed by atoms with E-state index in [4.69, 9.17) is 0 Å². The third kappa shape index (κ3) is 5.09. The molecule has 0 bridgehead atoms. The topological polar surface area (TPSA) is 110 Å². The highest BCUT2D eigenvalue weighted by atomic mass is 32.2. The van der Waals surface area contributed by atoms with Crippen LogP contribution in [0.1, 0.15) is 16.2 Å². The second kappa shape index (κ2) is 9.25. The molecule has 34 heavy (non-hydrogen) atoms. The van der Waals surface area contributed by atoms with Crippen molar-refractivity contribution < 1.29 is 31.0 Å². The molecule has 0 radical (unpaired) electrons. The van der Waals surface area contributed by atoms with Crippen LogP contribution in [0.4, 0.5) is 24.5 Å². The van der Waals surface area contributed by atoms with E-state index in [-0.39, 0.29) is 16.8 Å². The number of hydrogen-bond acceptors (Lipinski definition) is 6. The van der Waals surface area contributed by atoms with Crippen LogP contribution in [0.3, 0.4) is 0 Å². The molecular weight excluding hydrogens is 473 g/mol. The van der Waals surface area contributed by atoms with Crippen LogP contribution in [0.2, 0.25) is 0 Å². The number of amides is 1. The number of rotatable bonds is 6. The number of aromatic amines is 1. The molecule has 4 rings (SSSR count). The summed E-state index contributed by atoms with van der Waals surface area (Å²) in [6, 6.07) is 15.2. The van der Waals surface area contributed by atoms with Crippen LogP contribution in [-0.2, 0) is 21.8 Å². The number of anilines is 2. The molecule has 8 nitrogen and oxygen atoms in total. The number of carbonyl (C=O) groups is 1. The van der Waals surface area contributed by atoms with Crippen LogP contribution in [0, 0.1) is 0 Å². The largest absolute Gasteiger partial charge is 0.748 e. The number of pyridine rings is 1. The van der Waals surface area contributed by atoms with Crippen LogP contribution in [0.15, 0.2) is 66.9 Å². The lowest BCUT2D eigenvalue weighted by atomic mass is 10.0. The van der Waals surface area contributed by atoms with E-state index in [1.54, 1.807) is 30.3 Å². The van der Waals surface area contributed by atoms with Crippen molar-refractivity contribution in [1.82, 2.24) is 9.97 Å². The van der Waals surface area contributed by atoms with Gasteiger partial charge in [-0.1, -0.05) is 24.3 Å². The fourth-order valence-corrected chi connectivity index (χ4v) is 3.66. The molecule has 2 aromatic heterocycles. The van der Waals surface area contributed by atoms with Crippen molar-refractivity contribution in [3.8, 4) is 11.1 Å². The Morgan fingerprint density at radius 2 is 1.94 bits per heavy atom. The first-order valence-corrected chi connectivity index (χ1v) is 10.7. The summed E-state index contributed by atoms with van der Waals surface area (Å²) in [5, 5.41) is 4.39. The summed E-state index contributed by atoms with van der Waals surface area (Å²) in [4.78, 5) is 19.2. The molecule has 0 aliphatic carbocycles. The number of benzene rings is 2. The summed E-state index contributed by atoms with van der Waals surface area (Å²) in [5.74, 6) is -0.512. The molecule has 12 heteroatoms. The van der Waals surface area contributed by atoms with Gasteiger partial charge in [-0.25, -0.2) is 9.27 Å². The lowest BCUT2D eigenvalue weighted by Crippen LogP contribution is -2.18. The van der Waals surface area contributed by atoms with Crippen molar-refractivity contribution in [1.29, 1.82) is 0 Å². The first kappa shape index (κ1) is 23.4. The molecule has 176 valence electrons. The van der Waals surface area contributed by atoms with Crippen molar-refractivity contribution in [3.63, 3.8) is 0 Å². The molecule has 4 aromatic rings. The number of hydrogen-bond donors (Lipinski definition) is 2. The van der Waals surface area contributed by atoms with Gasteiger partial charge in [-0.15, -0.1) is 0 Å². The Morgan fingerprint density at radius 3 is 2.68 bits per heavy atom. The van der Waals surface area contributed by atoms with Crippen molar-refractivity contribution in [2.24, 2.45) is 0 Å². The maximum atomic E-state index is 13.3. The van der Waals surface area contributed by atoms with E-state index in [0.717, 1.165) is 11.3 Å². The van der Waals surface area contributed by atoms with E-state index in [0.29, 0.717) is 22.3 Å². The fourth-order valence-electron chi connectivity index (χ4n) is 3.39. The number of nitrogens with one attached hydrogen (secondary N) is 2. The van der Waals surface area contributed by atoms with Gasteiger partial charge in [0, 0.05) is 35.4 Å². The van der Waals surface area contributed by atoms with Crippen LogP contribution in [0.5, 0.6) is 0 Å². The Bertz CT molecular complexity index is 1390. The molecule has 0 fully saturated rings. The number of carbonyl (C=O) groups excluding carboxylic acids is 1. The van der Waals surface area contributed by atoms with Gasteiger partial charge in [-0.05, 0) is 42.0 Å². The van der Waals surface area contributed by atoms with Gasteiger partial charge in [0.05, 0.1) is 5.69 Å². The molecule has 2 aromatic carbocycles. The van der Waals surface area contributed by atoms with Gasteiger partial charge in [0.2, 0.25) is 0 Å². The predicted octanol–water partition coefficient (Wildman–Crippen LogP) is 4.66. The zero-order chi connectivity index (χ0) is 24.5. The number of nitrogens with zero attached hydrogens (tertiary/aromatic N) is 2. The van der Waals surface area contributed by atoms with Crippen molar-refractivity contribution in [3.05, 3.63) is 78.2 Å². The van der Waals surface area contributed by atoms with Gasteiger partial charge in [0.15, 0.2) is 5.69 Å². The zero-order valence-corrected chi connectivity index (χ0v) is 18.2. The number of alkyl halides is 3. The van der Waals surface area contributed by atoms with Crippen molar-refractivity contribution in [2.75, 3.05) is 17.4 Å². The highest BCUT2D eigenvalue weighted by Gasteiger charge is 2.35. The standard InChI is InChI=1S/C22H17F3N4O4S/c1-29(33-34(31)32)16-8-7-14-11-19(28-18(14)12-16)21(30)27-15-5-2-4-13(10-15)17-6-3-9-26-20(17)22(23,24)25/h2-12,28H,1H3,(H,27,30)(H,31,32)/p-1. The molecule has 0 aliphatic rings. The average Bonchev–Trinajstić information content (AvgIpc) is 3.22. The van der Waals surface area contributed by atoms with Gasteiger partial charge in [0.1, 0.15) is 17.1 Å². The Kier molecular flexibility index (Phi) is 6.37. The minimum Gasteiger partial charge on any atom is -0.748 e. The van der Waals surface area contributed by atoms with Gasteiger partial charge in [0.25, 0.3) is 5.91 Å². The molecule has 0 saturated carbocycles. The van der Waals surface area contributed by atoms with Gasteiger partial charge < -0.3 is 14.9 Å². The van der Waals surface area contributed by atoms with E-state index in [1.165, 1.54) is 37.4 Å². The Hall–Kier alpha value is -3.74. The second-order valence-corrected chi connectivity index (χ2v) is 7.72. The van der Waals surface area contributed by atoms with Crippen LogP contribution >= 0.6 is 0 Å². The number of fused-ring (bicyclic) bond motifs is 1. The van der Waals surface area contributed by atoms with Crippen LogP contribution in [-0.4, -0.2) is 31.7 Å². The van der Waals surface area contributed by atoms with E-state index >= 15 is 0 Å². The Labute approximate surface area is 193 Å². The molecular formula is C22H16F3N4O4S-. The van der Waals surface area contributed by atoms with Crippen LogP contribution < -0.4 is 10.4 Å². The minimum atomic E-state index is -4.62. The molecule has 0 spiro atoms. The fraction of sp³-hybridized carbons (Fsp3) is 0.0909. The minimum absolute atomic E-state index is 0.102. The van der Waals surface area contributed by atoms with Gasteiger partial charge >= 0.3 is 6.18 Å². The Balaban J connectivity index is 1.58. The average molecular weight is 489 g/mol. The Morgan fingerprint density at radius 1 is 1.15 bits per heavy atom. The summed E-state index contributed by atoms with van der Waals surface area (Å²) in [6.07, 6.45) is -3.55. The van der Waals surface area contributed by atoms with E-state index in [1.807, 2.05) is 0 Å². The number of aromatic nitrogens is 2. The summed E-state index contributed by atoms with van der Waals surface area (Å²) in [6.45, 7) is 0. The normalized spacial score (nSPS) is 12.5. The summed E-state index contributed by atoms with van der Waals surface area (Å²) < 4.78 is 66.0. The molecule has 2 heterocycles. The molecule has 1 amide bonds. The van der Waals surface area contributed by atoms with Crippen molar-refractivity contribution in [2.45, 2.75) is 6.18 Å². The smallest absolute Gasteiger partial charge is 0.433 e. The lowest BCUT2D eigenvalue weighted by Gasteiger charge is -2.18. The quantitative estimate of drug-likeness (QED) is 0.301. The van der Waals surface area contributed by atoms with Crippen molar-refractivity contribution >= 4 is 39.5 Å². The summed E-state index contributed by atoms with van der Waals surface area (Å²) >= 11 is -2.74. The highest BCUT2D eigenvalue weighted by Crippen LogP contribution is 2.36. The zero-order valence-electron chi connectivity index (χ0n) is 17.4. The molecule has 0 aliphatic heterocycles. The summed E-state index contributed by atoms with van der Waals surface area (Å²) in [7, 11) is 1.41. The number of hydroxylamine groups is 1. The third-order valence-corrected chi connectivity index (χ3v) is 5.24. The monoisotopic (exact) mass is 489 g/mol. The second-order valence-electron chi connectivity index (χ2n) is 7.16. The lowest BCUT2D eigenvalue weighted by molar-refractivity contribution is -0.140. The number of halogens is 3. The third-order valence-electron chi connectivity index (χ3n) is 4.89. The van der Waals surface area contributed by atoms with E-state index in [2.05, 4.69) is 19.6 Å². The number of H-pyrrole nitrogens is 1. The SMILES string of the molecule is CN(OS(=O)[O-])c1ccc2cc(C(=O)Nc3cccc(-c4cccnc4C(F)(F)F)c3)[nH]c2c1. The molecule has 0 saturated heterocycles. The maximum Gasteiger partial charge on any atom is 0.433 e.